The first-order valence-corrected chi connectivity index (χ1v) is 8.68. The van der Waals surface area contributed by atoms with E-state index in [9.17, 15) is 0 Å². The van der Waals surface area contributed by atoms with Gasteiger partial charge >= 0.3 is 0 Å². The molecule has 26 heavy (non-hydrogen) atoms. The topological polar surface area (TPSA) is 88.5 Å². The molecular formula is C18H18N6O2. The van der Waals surface area contributed by atoms with E-state index in [4.69, 9.17) is 9.47 Å². The lowest BCUT2D eigenvalue weighted by Gasteiger charge is -2.28. The first kappa shape index (κ1) is 15.3. The van der Waals surface area contributed by atoms with Gasteiger partial charge in [-0.1, -0.05) is 0 Å². The number of pyridine rings is 1. The van der Waals surface area contributed by atoms with Gasteiger partial charge in [0.2, 0.25) is 5.82 Å². The number of aromatic amines is 1. The van der Waals surface area contributed by atoms with E-state index in [1.54, 1.807) is 12.4 Å². The van der Waals surface area contributed by atoms with Crippen LogP contribution in [0.25, 0.3) is 22.2 Å². The van der Waals surface area contributed by atoms with Gasteiger partial charge < -0.3 is 19.4 Å². The molecule has 1 N–H and O–H groups in total. The number of morpholine rings is 1. The molecule has 3 aromatic heterocycles. The van der Waals surface area contributed by atoms with Gasteiger partial charge in [0.15, 0.2) is 0 Å². The normalized spacial score (nSPS) is 17.4. The molecule has 8 nitrogen and oxygen atoms in total. The van der Waals surface area contributed by atoms with Crippen molar-refractivity contribution in [3.63, 3.8) is 0 Å². The fraction of sp³-hybridized carbons (Fsp3) is 0.333. The second-order valence-electron chi connectivity index (χ2n) is 6.22. The predicted molar refractivity (Wildman–Crippen MR) is 97.5 cm³/mol. The zero-order valence-corrected chi connectivity index (χ0v) is 14.2. The molecule has 5 rings (SSSR count). The summed E-state index contributed by atoms with van der Waals surface area (Å²) in [5, 5.41) is 1.06. The van der Waals surface area contributed by atoms with Gasteiger partial charge in [-0.2, -0.15) is 0 Å². The van der Waals surface area contributed by atoms with Crippen LogP contribution in [0.2, 0.25) is 0 Å². The zero-order valence-electron chi connectivity index (χ0n) is 14.2. The molecule has 8 heteroatoms. The number of hydrogen-bond donors (Lipinski definition) is 1. The molecule has 1 fully saturated rings. The van der Waals surface area contributed by atoms with Crippen LogP contribution in [0.5, 0.6) is 0 Å². The van der Waals surface area contributed by atoms with E-state index in [0.717, 1.165) is 54.2 Å². The lowest BCUT2D eigenvalue weighted by Crippen LogP contribution is -2.36. The SMILES string of the molecule is c1nc(C2=NCCO2)ncc1-c1c[nH]c2ncc(N3CCOCC3)cc12. The fourth-order valence-corrected chi connectivity index (χ4v) is 3.27. The monoisotopic (exact) mass is 350 g/mol. The molecule has 5 heterocycles. The van der Waals surface area contributed by atoms with Gasteiger partial charge in [0.1, 0.15) is 12.3 Å². The van der Waals surface area contributed by atoms with E-state index in [1.807, 2.05) is 12.4 Å². The van der Waals surface area contributed by atoms with Crippen LogP contribution in [0.15, 0.2) is 35.8 Å². The van der Waals surface area contributed by atoms with Gasteiger partial charge in [-0.15, -0.1) is 0 Å². The van der Waals surface area contributed by atoms with Crippen LogP contribution in [-0.4, -0.2) is 65.3 Å². The summed E-state index contributed by atoms with van der Waals surface area (Å²) in [4.78, 5) is 23.2. The second-order valence-corrected chi connectivity index (χ2v) is 6.22. The predicted octanol–water partition coefficient (Wildman–Crippen LogP) is 1.63. The second kappa shape index (κ2) is 6.38. The Bertz CT molecular complexity index is 959. The van der Waals surface area contributed by atoms with Crippen LogP contribution < -0.4 is 4.90 Å². The summed E-state index contributed by atoms with van der Waals surface area (Å²) in [6.07, 6.45) is 7.46. The molecule has 0 radical (unpaired) electrons. The average molecular weight is 350 g/mol. The van der Waals surface area contributed by atoms with Crippen molar-refractivity contribution in [3.05, 3.63) is 36.7 Å². The van der Waals surface area contributed by atoms with Crippen molar-refractivity contribution in [1.29, 1.82) is 0 Å². The van der Waals surface area contributed by atoms with Crippen LogP contribution in [0.1, 0.15) is 5.82 Å². The number of nitrogens with one attached hydrogen (secondary N) is 1. The Hall–Kier alpha value is -3.00. The third-order valence-electron chi connectivity index (χ3n) is 4.63. The van der Waals surface area contributed by atoms with Gasteiger partial charge in [-0.05, 0) is 6.07 Å². The number of ether oxygens (including phenoxy) is 2. The minimum absolute atomic E-state index is 0.520. The number of H-pyrrole nitrogens is 1. The molecule has 0 aliphatic carbocycles. The first-order chi connectivity index (χ1) is 12.9. The maximum absolute atomic E-state index is 5.44. The average Bonchev–Trinajstić information content (AvgIpc) is 3.38. The number of rotatable bonds is 3. The lowest BCUT2D eigenvalue weighted by molar-refractivity contribution is 0.122. The van der Waals surface area contributed by atoms with Crippen molar-refractivity contribution in [3.8, 4) is 11.1 Å². The maximum Gasteiger partial charge on any atom is 0.255 e. The highest BCUT2D eigenvalue weighted by molar-refractivity contribution is 5.95. The smallest absolute Gasteiger partial charge is 0.255 e. The van der Waals surface area contributed by atoms with Gasteiger partial charge in [-0.3, -0.25) is 0 Å². The van der Waals surface area contributed by atoms with E-state index in [1.165, 1.54) is 0 Å². The highest BCUT2D eigenvalue weighted by Crippen LogP contribution is 2.30. The number of aromatic nitrogens is 4. The summed E-state index contributed by atoms with van der Waals surface area (Å²) in [5.74, 6) is 1.05. The van der Waals surface area contributed by atoms with Crippen LogP contribution in [0.4, 0.5) is 5.69 Å². The van der Waals surface area contributed by atoms with Gasteiger partial charge in [0.25, 0.3) is 5.90 Å². The molecule has 0 unspecified atom stereocenters. The van der Waals surface area contributed by atoms with Crippen LogP contribution in [0.3, 0.4) is 0 Å². The molecule has 0 spiro atoms. The molecule has 1 saturated heterocycles. The number of aliphatic imine (C=N–C) groups is 1. The van der Waals surface area contributed by atoms with E-state index >= 15 is 0 Å². The minimum Gasteiger partial charge on any atom is -0.473 e. The van der Waals surface area contributed by atoms with E-state index in [2.05, 4.69) is 35.9 Å². The van der Waals surface area contributed by atoms with E-state index < -0.39 is 0 Å². The quantitative estimate of drug-likeness (QED) is 0.772. The Balaban J connectivity index is 1.50. The molecule has 2 aliphatic heterocycles. The Labute approximate surface area is 149 Å². The molecule has 0 amide bonds. The number of hydrogen-bond acceptors (Lipinski definition) is 7. The maximum atomic E-state index is 5.44. The summed E-state index contributed by atoms with van der Waals surface area (Å²) in [5.41, 5.74) is 3.92. The van der Waals surface area contributed by atoms with Crippen molar-refractivity contribution < 1.29 is 9.47 Å². The molecule has 2 aliphatic rings. The number of nitrogens with zero attached hydrogens (tertiary/aromatic N) is 5. The third kappa shape index (κ3) is 2.68. The molecule has 0 saturated carbocycles. The van der Waals surface area contributed by atoms with Crippen molar-refractivity contribution in [2.75, 3.05) is 44.4 Å². The Morgan fingerprint density at radius 3 is 2.62 bits per heavy atom. The molecule has 0 aromatic carbocycles. The number of anilines is 1. The van der Waals surface area contributed by atoms with E-state index in [-0.39, 0.29) is 0 Å². The summed E-state index contributed by atoms with van der Waals surface area (Å²) in [6.45, 7) is 4.52. The molecular weight excluding hydrogens is 332 g/mol. The standard InChI is InChI=1S/C18H18N6O2/c1-4-26-18(19-1)17-20-8-12(9-21-17)15-11-23-16-14(15)7-13(10-22-16)24-2-5-25-6-3-24/h7-11H,1-6H2,(H,22,23). The molecule has 132 valence electrons. The lowest BCUT2D eigenvalue weighted by atomic mass is 10.1. The third-order valence-corrected chi connectivity index (χ3v) is 4.63. The van der Waals surface area contributed by atoms with Gasteiger partial charge in [0, 0.05) is 48.2 Å². The minimum atomic E-state index is 0.520. The molecule has 3 aromatic rings. The van der Waals surface area contributed by atoms with Crippen molar-refractivity contribution in [2.24, 2.45) is 4.99 Å². The number of fused-ring (bicyclic) bond motifs is 1. The van der Waals surface area contributed by atoms with Gasteiger partial charge in [0.05, 0.1) is 31.6 Å². The van der Waals surface area contributed by atoms with E-state index in [0.29, 0.717) is 24.9 Å². The zero-order chi connectivity index (χ0) is 17.3. The van der Waals surface area contributed by atoms with Crippen LogP contribution >= 0.6 is 0 Å². The molecule has 0 bridgehead atoms. The Morgan fingerprint density at radius 2 is 1.85 bits per heavy atom. The Kier molecular flexibility index (Phi) is 3.75. The summed E-state index contributed by atoms with van der Waals surface area (Å²) < 4.78 is 10.9. The van der Waals surface area contributed by atoms with Crippen molar-refractivity contribution in [2.45, 2.75) is 0 Å². The summed E-state index contributed by atoms with van der Waals surface area (Å²) in [7, 11) is 0. The Morgan fingerprint density at radius 1 is 1.00 bits per heavy atom. The van der Waals surface area contributed by atoms with Crippen LogP contribution in [-0.2, 0) is 9.47 Å². The molecule has 0 atom stereocenters. The summed E-state index contributed by atoms with van der Waals surface area (Å²) >= 11 is 0. The highest BCUT2D eigenvalue weighted by Gasteiger charge is 2.16. The van der Waals surface area contributed by atoms with Gasteiger partial charge in [-0.25, -0.2) is 19.9 Å². The highest BCUT2D eigenvalue weighted by atomic mass is 16.5. The fourth-order valence-electron chi connectivity index (χ4n) is 3.27. The van der Waals surface area contributed by atoms with Crippen molar-refractivity contribution in [1.82, 2.24) is 19.9 Å². The van der Waals surface area contributed by atoms with Crippen molar-refractivity contribution >= 4 is 22.6 Å². The summed E-state index contributed by atoms with van der Waals surface area (Å²) in [6, 6.07) is 2.16. The first-order valence-electron chi connectivity index (χ1n) is 8.68. The largest absolute Gasteiger partial charge is 0.473 e. The van der Waals surface area contributed by atoms with Crippen LogP contribution in [0, 0.1) is 0 Å².